The molecule has 0 bridgehead atoms. The van der Waals surface area contributed by atoms with Crippen LogP contribution in [-0.2, 0) is 9.47 Å². The molecule has 0 aliphatic carbocycles. The van der Waals surface area contributed by atoms with Crippen LogP contribution in [0.4, 0.5) is 0 Å². The highest BCUT2D eigenvalue weighted by atomic mass is 16.7. The van der Waals surface area contributed by atoms with E-state index in [4.69, 9.17) is 9.47 Å². The molecule has 0 aliphatic rings. The Morgan fingerprint density at radius 3 is 1.82 bits per heavy atom. The van der Waals surface area contributed by atoms with Gasteiger partial charge in [0.2, 0.25) is 0 Å². The van der Waals surface area contributed by atoms with Gasteiger partial charge in [0.15, 0.2) is 6.29 Å². The van der Waals surface area contributed by atoms with E-state index in [9.17, 15) is 0 Å². The monoisotopic (exact) mass is 310 g/mol. The highest BCUT2D eigenvalue weighted by molar-refractivity contribution is 5.01. The van der Waals surface area contributed by atoms with Gasteiger partial charge in [-0.3, -0.25) is 0 Å². The van der Waals surface area contributed by atoms with Crippen LogP contribution >= 0.6 is 0 Å². The van der Waals surface area contributed by atoms with Crippen LogP contribution < -0.4 is 0 Å². The molecule has 0 rings (SSSR count). The van der Waals surface area contributed by atoms with Crippen molar-refractivity contribution in [3.8, 4) is 0 Å². The fourth-order valence-electron chi connectivity index (χ4n) is 2.43. The van der Waals surface area contributed by atoms with Crippen molar-refractivity contribution in [2.75, 3.05) is 13.2 Å². The lowest BCUT2D eigenvalue weighted by atomic mass is 10.1. The van der Waals surface area contributed by atoms with Gasteiger partial charge < -0.3 is 9.47 Å². The predicted molar refractivity (Wildman–Crippen MR) is 97.2 cm³/mol. The zero-order valence-corrected chi connectivity index (χ0v) is 15.2. The van der Waals surface area contributed by atoms with Crippen molar-refractivity contribution in [2.24, 2.45) is 0 Å². The molecule has 0 aromatic rings. The number of unbranched alkanes of at least 4 members (excludes halogenated alkanes) is 7. The molecule has 22 heavy (non-hydrogen) atoms. The Bertz CT molecular complexity index is 252. The predicted octanol–water partition coefficient (Wildman–Crippen LogP) is 6.42. The van der Waals surface area contributed by atoms with Crippen LogP contribution in [0.15, 0.2) is 24.3 Å². The molecule has 0 unspecified atom stereocenters. The minimum Gasteiger partial charge on any atom is -0.353 e. The maximum atomic E-state index is 5.56. The number of rotatable bonds is 16. The van der Waals surface area contributed by atoms with Crippen molar-refractivity contribution in [3.05, 3.63) is 24.3 Å². The lowest BCUT2D eigenvalue weighted by molar-refractivity contribution is -0.140. The van der Waals surface area contributed by atoms with E-state index in [0.717, 1.165) is 26.1 Å². The molecule has 0 heterocycles. The fraction of sp³-hybridized carbons (Fsp3) is 0.800. The lowest BCUT2D eigenvalue weighted by Gasteiger charge is -2.16. The molecular formula is C20H38O2. The standard InChI is InChI=1S/C20H38O2/c1-4-7-8-9-10-11-12-13-14-15-16-17-18-19-20(21-5-2)22-6-3/h7-10,20H,4-6,11-19H2,1-3H3/b8-7+,10-9-. The molecule has 0 saturated carbocycles. The zero-order chi connectivity index (χ0) is 16.3. The van der Waals surface area contributed by atoms with E-state index in [-0.39, 0.29) is 6.29 Å². The summed E-state index contributed by atoms with van der Waals surface area (Å²) in [6, 6.07) is 0. The van der Waals surface area contributed by atoms with Crippen molar-refractivity contribution < 1.29 is 9.47 Å². The Balaban J connectivity index is 3.29. The number of allylic oxidation sites excluding steroid dienone is 4. The highest BCUT2D eigenvalue weighted by Gasteiger charge is 2.06. The van der Waals surface area contributed by atoms with Crippen molar-refractivity contribution in [1.29, 1.82) is 0 Å². The van der Waals surface area contributed by atoms with Crippen LogP contribution in [0.1, 0.15) is 85.0 Å². The van der Waals surface area contributed by atoms with Crippen molar-refractivity contribution in [1.82, 2.24) is 0 Å². The van der Waals surface area contributed by atoms with Gasteiger partial charge >= 0.3 is 0 Å². The van der Waals surface area contributed by atoms with Gasteiger partial charge in [-0.15, -0.1) is 0 Å². The van der Waals surface area contributed by atoms with Gasteiger partial charge in [0, 0.05) is 13.2 Å². The second-order valence-electron chi connectivity index (χ2n) is 5.66. The smallest absolute Gasteiger partial charge is 0.157 e. The SMILES string of the molecule is CC/C=C/C=C\CCCCCCCCCC(OCC)OCC. The zero-order valence-electron chi connectivity index (χ0n) is 15.2. The first-order valence-electron chi connectivity index (χ1n) is 9.39. The molecule has 2 nitrogen and oxygen atoms in total. The lowest BCUT2D eigenvalue weighted by Crippen LogP contribution is -2.17. The van der Waals surface area contributed by atoms with Gasteiger partial charge in [-0.1, -0.05) is 63.3 Å². The summed E-state index contributed by atoms with van der Waals surface area (Å²) in [6.07, 6.45) is 21.5. The van der Waals surface area contributed by atoms with Gasteiger partial charge in [0.1, 0.15) is 0 Å². The molecule has 0 N–H and O–H groups in total. The van der Waals surface area contributed by atoms with E-state index < -0.39 is 0 Å². The molecule has 0 radical (unpaired) electrons. The summed E-state index contributed by atoms with van der Waals surface area (Å²) in [6.45, 7) is 7.71. The minimum absolute atomic E-state index is 0.0172. The topological polar surface area (TPSA) is 18.5 Å². The third-order valence-corrected chi connectivity index (χ3v) is 3.63. The first-order chi connectivity index (χ1) is 10.8. The van der Waals surface area contributed by atoms with Gasteiger partial charge in [-0.05, 0) is 46.0 Å². The van der Waals surface area contributed by atoms with Crippen LogP contribution in [-0.4, -0.2) is 19.5 Å². The van der Waals surface area contributed by atoms with Crippen LogP contribution in [0.2, 0.25) is 0 Å². The summed E-state index contributed by atoms with van der Waals surface area (Å²) in [5.74, 6) is 0. The summed E-state index contributed by atoms with van der Waals surface area (Å²) < 4.78 is 11.1. The van der Waals surface area contributed by atoms with E-state index in [1.807, 2.05) is 13.8 Å². The average Bonchev–Trinajstić information content (AvgIpc) is 2.52. The largest absolute Gasteiger partial charge is 0.353 e. The molecule has 0 atom stereocenters. The Morgan fingerprint density at radius 1 is 0.682 bits per heavy atom. The van der Waals surface area contributed by atoms with Crippen molar-refractivity contribution in [3.63, 3.8) is 0 Å². The fourth-order valence-corrected chi connectivity index (χ4v) is 2.43. The van der Waals surface area contributed by atoms with E-state index in [1.54, 1.807) is 0 Å². The van der Waals surface area contributed by atoms with Gasteiger partial charge in [0.25, 0.3) is 0 Å². The molecule has 0 amide bonds. The van der Waals surface area contributed by atoms with Crippen LogP contribution in [0.5, 0.6) is 0 Å². The van der Waals surface area contributed by atoms with Crippen LogP contribution in [0, 0.1) is 0 Å². The number of hydrogen-bond donors (Lipinski definition) is 0. The quantitative estimate of drug-likeness (QED) is 0.186. The van der Waals surface area contributed by atoms with Crippen molar-refractivity contribution in [2.45, 2.75) is 91.3 Å². The second kappa shape index (κ2) is 18.4. The molecule has 0 aliphatic heterocycles. The normalized spacial score (nSPS) is 12.2. The van der Waals surface area contributed by atoms with Gasteiger partial charge in [-0.25, -0.2) is 0 Å². The van der Waals surface area contributed by atoms with Crippen molar-refractivity contribution >= 4 is 0 Å². The highest BCUT2D eigenvalue weighted by Crippen LogP contribution is 2.12. The van der Waals surface area contributed by atoms with Gasteiger partial charge in [0.05, 0.1) is 0 Å². The van der Waals surface area contributed by atoms with Crippen LogP contribution in [0.3, 0.4) is 0 Å². The molecular weight excluding hydrogens is 272 g/mol. The minimum atomic E-state index is 0.0172. The van der Waals surface area contributed by atoms with Gasteiger partial charge in [-0.2, -0.15) is 0 Å². The number of ether oxygens (including phenoxy) is 2. The Morgan fingerprint density at radius 2 is 1.23 bits per heavy atom. The van der Waals surface area contributed by atoms with E-state index in [1.165, 1.54) is 51.4 Å². The summed E-state index contributed by atoms with van der Waals surface area (Å²) >= 11 is 0. The molecule has 0 fully saturated rings. The Hall–Kier alpha value is -0.600. The third kappa shape index (κ3) is 15.8. The average molecular weight is 311 g/mol. The maximum Gasteiger partial charge on any atom is 0.157 e. The number of hydrogen-bond acceptors (Lipinski definition) is 2. The first-order valence-corrected chi connectivity index (χ1v) is 9.39. The molecule has 130 valence electrons. The molecule has 0 saturated heterocycles. The maximum absolute atomic E-state index is 5.56. The molecule has 0 aromatic heterocycles. The molecule has 0 spiro atoms. The summed E-state index contributed by atoms with van der Waals surface area (Å²) in [5.41, 5.74) is 0. The third-order valence-electron chi connectivity index (χ3n) is 3.63. The summed E-state index contributed by atoms with van der Waals surface area (Å²) in [4.78, 5) is 0. The van der Waals surface area contributed by atoms with E-state index in [0.29, 0.717) is 0 Å². The Kier molecular flexibility index (Phi) is 17.9. The summed E-state index contributed by atoms with van der Waals surface area (Å²) in [5, 5.41) is 0. The first kappa shape index (κ1) is 21.4. The van der Waals surface area contributed by atoms with E-state index >= 15 is 0 Å². The second-order valence-corrected chi connectivity index (χ2v) is 5.66. The molecule has 0 aromatic carbocycles. The molecule has 2 heteroatoms. The Labute approximate surface area is 139 Å². The van der Waals surface area contributed by atoms with E-state index in [2.05, 4.69) is 31.2 Å². The van der Waals surface area contributed by atoms with Crippen LogP contribution in [0.25, 0.3) is 0 Å². The summed E-state index contributed by atoms with van der Waals surface area (Å²) in [7, 11) is 0.